The molecule has 7 heteroatoms. The van der Waals surface area contributed by atoms with Gasteiger partial charge in [0.2, 0.25) is 0 Å². The normalized spacial score (nSPS) is 18.3. The van der Waals surface area contributed by atoms with Crippen molar-refractivity contribution in [2.75, 3.05) is 19.8 Å². The van der Waals surface area contributed by atoms with E-state index in [0.29, 0.717) is 13.2 Å². The topological polar surface area (TPSA) is 78.9 Å². The molecule has 2 N–H and O–H groups in total. The molecule has 1 aliphatic heterocycles. The Morgan fingerprint density at radius 2 is 2.10 bits per heavy atom. The molecule has 0 aliphatic carbocycles. The van der Waals surface area contributed by atoms with E-state index >= 15 is 0 Å². The summed E-state index contributed by atoms with van der Waals surface area (Å²) >= 11 is 0. The van der Waals surface area contributed by atoms with Crippen LogP contribution in [0.2, 0.25) is 0 Å². The number of halogens is 1. The van der Waals surface area contributed by atoms with Crippen molar-refractivity contribution in [1.82, 2.24) is 10.2 Å². The highest BCUT2D eigenvalue weighted by Gasteiger charge is 2.28. The van der Waals surface area contributed by atoms with E-state index in [1.807, 2.05) is 0 Å². The van der Waals surface area contributed by atoms with Crippen LogP contribution in [0, 0.1) is 5.82 Å². The minimum Gasteiger partial charge on any atom is -0.481 e. The lowest BCUT2D eigenvalue weighted by molar-refractivity contribution is -0.139. The first-order valence-corrected chi connectivity index (χ1v) is 6.64. The maximum atomic E-state index is 12.8. The summed E-state index contributed by atoms with van der Waals surface area (Å²) < 4.78 is 18.0. The van der Waals surface area contributed by atoms with Gasteiger partial charge in [-0.2, -0.15) is 0 Å². The summed E-state index contributed by atoms with van der Waals surface area (Å²) in [7, 11) is 0. The summed E-state index contributed by atoms with van der Waals surface area (Å²) in [4.78, 5) is 24.4. The second kappa shape index (κ2) is 7.03. The van der Waals surface area contributed by atoms with Crippen LogP contribution in [-0.4, -0.2) is 47.8 Å². The van der Waals surface area contributed by atoms with E-state index in [2.05, 4.69) is 5.32 Å². The number of ether oxygens (including phenoxy) is 1. The third-order valence-corrected chi connectivity index (χ3v) is 3.26. The molecular formula is C14H17FN2O4. The zero-order valence-electron chi connectivity index (χ0n) is 11.4. The molecule has 2 amide bonds. The molecule has 2 rings (SSSR count). The van der Waals surface area contributed by atoms with Crippen LogP contribution in [0.15, 0.2) is 24.3 Å². The van der Waals surface area contributed by atoms with Crippen LogP contribution in [-0.2, 0) is 16.1 Å². The lowest BCUT2D eigenvalue weighted by Crippen LogP contribution is -2.53. The van der Waals surface area contributed by atoms with Crippen LogP contribution in [0.25, 0.3) is 0 Å². The average molecular weight is 296 g/mol. The first-order chi connectivity index (χ1) is 10.1. The Balaban J connectivity index is 1.91. The Labute approximate surface area is 121 Å². The van der Waals surface area contributed by atoms with Gasteiger partial charge >= 0.3 is 12.0 Å². The molecule has 0 radical (unpaired) electrons. The van der Waals surface area contributed by atoms with Gasteiger partial charge in [0.15, 0.2) is 0 Å². The molecule has 1 aromatic carbocycles. The third kappa shape index (κ3) is 4.42. The number of aliphatic carboxylic acids is 1. The molecule has 1 saturated heterocycles. The maximum absolute atomic E-state index is 12.8. The van der Waals surface area contributed by atoms with Crippen molar-refractivity contribution >= 4 is 12.0 Å². The molecule has 1 atom stereocenters. The number of morpholine rings is 1. The van der Waals surface area contributed by atoms with Crippen molar-refractivity contribution in [2.24, 2.45) is 0 Å². The van der Waals surface area contributed by atoms with E-state index in [4.69, 9.17) is 9.84 Å². The van der Waals surface area contributed by atoms with Gasteiger partial charge in [-0.15, -0.1) is 0 Å². The summed E-state index contributed by atoms with van der Waals surface area (Å²) in [6, 6.07) is 5.01. The SMILES string of the molecule is O=C(O)CC1COCCN1C(=O)NCc1ccc(F)cc1. The lowest BCUT2D eigenvalue weighted by Gasteiger charge is -2.34. The van der Waals surface area contributed by atoms with Crippen molar-refractivity contribution in [3.63, 3.8) is 0 Å². The number of nitrogens with one attached hydrogen (secondary N) is 1. The Kier molecular flexibility index (Phi) is 5.10. The zero-order valence-corrected chi connectivity index (χ0v) is 11.4. The van der Waals surface area contributed by atoms with E-state index in [0.717, 1.165) is 5.56 Å². The molecule has 1 aromatic rings. The van der Waals surface area contributed by atoms with Crippen LogP contribution in [0.1, 0.15) is 12.0 Å². The number of rotatable bonds is 4. The van der Waals surface area contributed by atoms with Crippen LogP contribution in [0.5, 0.6) is 0 Å². The standard InChI is InChI=1S/C14H17FN2O4/c15-11-3-1-10(2-4-11)8-16-14(20)17-5-6-21-9-12(17)7-13(18)19/h1-4,12H,5-9H2,(H,16,20)(H,18,19). The number of carboxylic acids is 1. The minimum atomic E-state index is -0.971. The van der Waals surface area contributed by atoms with E-state index in [-0.39, 0.29) is 31.4 Å². The van der Waals surface area contributed by atoms with E-state index in [9.17, 15) is 14.0 Å². The first kappa shape index (κ1) is 15.2. The van der Waals surface area contributed by atoms with Crippen LogP contribution in [0.4, 0.5) is 9.18 Å². The third-order valence-electron chi connectivity index (χ3n) is 3.26. The summed E-state index contributed by atoms with van der Waals surface area (Å²) in [6.45, 7) is 1.22. The molecule has 114 valence electrons. The predicted octanol–water partition coefficient (Wildman–Crippen LogP) is 1.21. The van der Waals surface area contributed by atoms with Crippen molar-refractivity contribution < 1.29 is 23.8 Å². The molecule has 1 fully saturated rings. The molecule has 1 heterocycles. The van der Waals surface area contributed by atoms with Gasteiger partial charge in [-0.3, -0.25) is 4.79 Å². The van der Waals surface area contributed by atoms with Crippen molar-refractivity contribution in [2.45, 2.75) is 19.0 Å². The molecular weight excluding hydrogens is 279 g/mol. The highest BCUT2D eigenvalue weighted by molar-refractivity contribution is 5.76. The molecule has 6 nitrogen and oxygen atoms in total. The molecule has 1 unspecified atom stereocenters. The van der Waals surface area contributed by atoms with Crippen molar-refractivity contribution in [1.29, 1.82) is 0 Å². The maximum Gasteiger partial charge on any atom is 0.318 e. The van der Waals surface area contributed by atoms with Gasteiger partial charge in [-0.05, 0) is 17.7 Å². The highest BCUT2D eigenvalue weighted by Crippen LogP contribution is 2.11. The van der Waals surface area contributed by atoms with Crippen molar-refractivity contribution in [3.8, 4) is 0 Å². The monoisotopic (exact) mass is 296 g/mol. The van der Waals surface area contributed by atoms with Gasteiger partial charge in [-0.1, -0.05) is 12.1 Å². The van der Waals surface area contributed by atoms with Crippen LogP contribution < -0.4 is 5.32 Å². The molecule has 0 saturated carbocycles. The Morgan fingerprint density at radius 3 is 2.76 bits per heavy atom. The number of hydrogen-bond donors (Lipinski definition) is 2. The van der Waals surface area contributed by atoms with Gasteiger partial charge < -0.3 is 20.1 Å². The van der Waals surface area contributed by atoms with Gasteiger partial charge in [0.25, 0.3) is 0 Å². The second-order valence-electron chi connectivity index (χ2n) is 4.81. The fraction of sp³-hybridized carbons (Fsp3) is 0.429. The number of amides is 2. The number of nitrogens with zero attached hydrogens (tertiary/aromatic N) is 1. The number of hydrogen-bond acceptors (Lipinski definition) is 3. The second-order valence-corrected chi connectivity index (χ2v) is 4.81. The average Bonchev–Trinajstić information content (AvgIpc) is 2.46. The summed E-state index contributed by atoms with van der Waals surface area (Å²) in [5.74, 6) is -1.30. The fourth-order valence-corrected chi connectivity index (χ4v) is 2.17. The smallest absolute Gasteiger partial charge is 0.318 e. The molecule has 0 aromatic heterocycles. The van der Waals surface area contributed by atoms with Gasteiger partial charge in [0.05, 0.1) is 25.7 Å². The summed E-state index contributed by atoms with van der Waals surface area (Å²) in [6.07, 6.45) is -0.149. The van der Waals surface area contributed by atoms with Crippen LogP contribution >= 0.6 is 0 Å². The Hall–Kier alpha value is -2.15. The Bertz CT molecular complexity index is 506. The largest absolute Gasteiger partial charge is 0.481 e. The molecule has 0 bridgehead atoms. The van der Waals surface area contributed by atoms with Crippen LogP contribution in [0.3, 0.4) is 0 Å². The summed E-state index contributed by atoms with van der Waals surface area (Å²) in [5, 5.41) is 11.6. The van der Waals surface area contributed by atoms with E-state index < -0.39 is 12.0 Å². The van der Waals surface area contributed by atoms with Gasteiger partial charge in [0.1, 0.15) is 5.82 Å². The first-order valence-electron chi connectivity index (χ1n) is 6.64. The number of carboxylic acid groups (broad SMARTS) is 1. The molecule has 0 spiro atoms. The predicted molar refractivity (Wildman–Crippen MR) is 72.2 cm³/mol. The fourth-order valence-electron chi connectivity index (χ4n) is 2.17. The lowest BCUT2D eigenvalue weighted by atomic mass is 10.1. The summed E-state index contributed by atoms with van der Waals surface area (Å²) in [5.41, 5.74) is 0.771. The Morgan fingerprint density at radius 1 is 1.38 bits per heavy atom. The number of benzene rings is 1. The quantitative estimate of drug-likeness (QED) is 0.875. The number of urea groups is 1. The van der Waals surface area contributed by atoms with Crippen molar-refractivity contribution in [3.05, 3.63) is 35.6 Å². The number of carbonyl (C=O) groups excluding carboxylic acids is 1. The molecule has 21 heavy (non-hydrogen) atoms. The minimum absolute atomic E-state index is 0.149. The van der Waals surface area contributed by atoms with Gasteiger partial charge in [0, 0.05) is 13.1 Å². The zero-order chi connectivity index (χ0) is 15.2. The highest BCUT2D eigenvalue weighted by atomic mass is 19.1. The number of carbonyl (C=O) groups is 2. The van der Waals surface area contributed by atoms with Gasteiger partial charge in [-0.25, -0.2) is 9.18 Å². The van der Waals surface area contributed by atoms with E-state index in [1.165, 1.54) is 17.0 Å². The van der Waals surface area contributed by atoms with E-state index in [1.54, 1.807) is 12.1 Å². The molecule has 1 aliphatic rings.